The van der Waals surface area contributed by atoms with Crippen LogP contribution in [0.5, 0.6) is 0 Å². The van der Waals surface area contributed by atoms with Crippen LogP contribution in [0.2, 0.25) is 0 Å². The lowest BCUT2D eigenvalue weighted by atomic mass is 9.96. The van der Waals surface area contributed by atoms with Crippen molar-refractivity contribution in [3.05, 3.63) is 30.0 Å². The lowest BCUT2D eigenvalue weighted by Gasteiger charge is -2.40. The number of aliphatic hydroxyl groups is 1. The Morgan fingerprint density at radius 1 is 1.17 bits per heavy atom. The van der Waals surface area contributed by atoms with Gasteiger partial charge in [-0.3, -0.25) is 19.3 Å². The van der Waals surface area contributed by atoms with E-state index in [1.807, 2.05) is 28.9 Å². The molecule has 5 rings (SSSR count). The van der Waals surface area contributed by atoms with Gasteiger partial charge in [-0.15, -0.1) is 0 Å². The van der Waals surface area contributed by atoms with E-state index in [-0.39, 0.29) is 24.1 Å². The molecular formula is C27H41N5O3. The fourth-order valence-electron chi connectivity index (χ4n) is 6.68. The normalized spacial score (nSPS) is 28.3. The number of hydrogen-bond acceptors (Lipinski definition) is 6. The second-order valence-electron chi connectivity index (χ2n) is 11.0. The number of aliphatic hydroxyl groups excluding tert-OH is 1. The molecule has 192 valence electrons. The molecule has 3 unspecified atom stereocenters. The predicted octanol–water partition coefficient (Wildman–Crippen LogP) is 2.81. The van der Waals surface area contributed by atoms with E-state index < -0.39 is 0 Å². The van der Waals surface area contributed by atoms with Gasteiger partial charge in [-0.25, -0.2) is 0 Å². The molecule has 0 saturated carbocycles. The van der Waals surface area contributed by atoms with Crippen LogP contribution in [-0.2, 0) is 4.74 Å². The van der Waals surface area contributed by atoms with Crippen LogP contribution in [0.25, 0.3) is 10.9 Å². The number of rotatable bonds is 9. The second kappa shape index (κ2) is 10.5. The lowest BCUT2D eigenvalue weighted by Crippen LogP contribution is -2.53. The zero-order chi connectivity index (χ0) is 24.5. The quantitative estimate of drug-likeness (QED) is 0.571. The van der Waals surface area contributed by atoms with E-state index in [0.717, 1.165) is 69.2 Å². The third-order valence-corrected chi connectivity index (χ3v) is 8.26. The lowest BCUT2D eigenvalue weighted by molar-refractivity contribution is 0.0227. The van der Waals surface area contributed by atoms with E-state index in [4.69, 9.17) is 4.74 Å². The van der Waals surface area contributed by atoms with Crippen LogP contribution in [0, 0.1) is 0 Å². The fraction of sp³-hybridized carbons (Fsp3) is 0.704. The van der Waals surface area contributed by atoms with Gasteiger partial charge in [0.1, 0.15) is 0 Å². The standard InChI is InChI=1S/C27H41N5O3/c1-18(2)32-25-9-5-4-8-24(25)26(29-32)27(34)28-19-13-20-10-11-21(14-19)31(20)16-23(33)15-30-12-6-7-22(30)17-35-3/h4-5,8-9,18-23,33H,6-7,10-17H2,1-3H3,(H,28,34)/t19?,20?,21?,22-,23?/m0/s1. The van der Waals surface area contributed by atoms with Crippen LogP contribution in [0.1, 0.15) is 68.9 Å². The SMILES string of the molecule is COC[C@@H]1CCCN1CC(O)CN1C2CCC1CC(NC(=O)c1nn(C(C)C)c3ccccc13)C2. The number of nitrogens with zero attached hydrogens (tertiary/aromatic N) is 4. The maximum Gasteiger partial charge on any atom is 0.272 e. The molecule has 8 nitrogen and oxygen atoms in total. The Morgan fingerprint density at radius 3 is 2.63 bits per heavy atom. The highest BCUT2D eigenvalue weighted by atomic mass is 16.5. The predicted molar refractivity (Wildman–Crippen MR) is 137 cm³/mol. The highest BCUT2D eigenvalue weighted by Gasteiger charge is 2.42. The van der Waals surface area contributed by atoms with Crippen molar-refractivity contribution < 1.29 is 14.6 Å². The molecule has 3 fully saturated rings. The minimum Gasteiger partial charge on any atom is -0.390 e. The van der Waals surface area contributed by atoms with Crippen LogP contribution in [0.4, 0.5) is 0 Å². The number of fused-ring (bicyclic) bond motifs is 3. The average Bonchev–Trinajstić information content (AvgIpc) is 3.49. The third-order valence-electron chi connectivity index (χ3n) is 8.26. The third kappa shape index (κ3) is 5.12. The molecule has 3 saturated heterocycles. The van der Waals surface area contributed by atoms with Crippen molar-refractivity contribution in [3.8, 4) is 0 Å². The number of methoxy groups -OCH3 is 1. The zero-order valence-corrected chi connectivity index (χ0v) is 21.4. The summed E-state index contributed by atoms with van der Waals surface area (Å²) in [5, 5.41) is 19.8. The maximum atomic E-state index is 13.3. The Hall–Kier alpha value is -2.00. The number of carbonyl (C=O) groups excluding carboxylic acids is 1. The van der Waals surface area contributed by atoms with Gasteiger partial charge in [0.2, 0.25) is 0 Å². The maximum absolute atomic E-state index is 13.3. The van der Waals surface area contributed by atoms with Crippen LogP contribution < -0.4 is 5.32 Å². The first-order valence-corrected chi connectivity index (χ1v) is 13.4. The van der Waals surface area contributed by atoms with Crippen molar-refractivity contribution in [3.63, 3.8) is 0 Å². The number of likely N-dealkylation sites (tertiary alicyclic amines) is 1. The number of piperidine rings is 1. The Labute approximate surface area is 208 Å². The summed E-state index contributed by atoms with van der Waals surface area (Å²) in [7, 11) is 1.76. The molecule has 0 radical (unpaired) electrons. The van der Waals surface area contributed by atoms with E-state index in [1.54, 1.807) is 7.11 Å². The Morgan fingerprint density at radius 2 is 1.91 bits per heavy atom. The summed E-state index contributed by atoms with van der Waals surface area (Å²) >= 11 is 0. The molecule has 3 aliphatic rings. The number of amides is 1. The smallest absolute Gasteiger partial charge is 0.272 e. The number of β-amino-alcohol motifs (C(OH)–C–C–N with tert-alkyl or cyclic N) is 1. The summed E-state index contributed by atoms with van der Waals surface area (Å²) in [6.07, 6.45) is 6.15. The van der Waals surface area contributed by atoms with Crippen molar-refractivity contribution in [1.29, 1.82) is 0 Å². The molecular weight excluding hydrogens is 442 g/mol. The summed E-state index contributed by atoms with van der Waals surface area (Å²) in [4.78, 5) is 18.2. The van der Waals surface area contributed by atoms with Crippen molar-refractivity contribution in [1.82, 2.24) is 24.9 Å². The highest BCUT2D eigenvalue weighted by Crippen LogP contribution is 2.36. The van der Waals surface area contributed by atoms with E-state index in [2.05, 4.69) is 34.1 Å². The first-order chi connectivity index (χ1) is 16.9. The van der Waals surface area contributed by atoms with Crippen LogP contribution in [-0.4, -0.2) is 94.2 Å². The summed E-state index contributed by atoms with van der Waals surface area (Å²) in [6, 6.07) is 9.60. The molecule has 2 N–H and O–H groups in total. The number of carbonyl (C=O) groups is 1. The number of para-hydroxylation sites is 1. The molecule has 2 bridgehead atoms. The molecule has 1 aromatic heterocycles. The van der Waals surface area contributed by atoms with Crippen molar-refractivity contribution in [2.75, 3.05) is 33.4 Å². The first kappa shape index (κ1) is 24.7. The van der Waals surface area contributed by atoms with Crippen molar-refractivity contribution in [2.24, 2.45) is 0 Å². The Balaban J connectivity index is 1.19. The van der Waals surface area contributed by atoms with E-state index in [9.17, 15) is 9.90 Å². The van der Waals surface area contributed by atoms with Crippen LogP contribution >= 0.6 is 0 Å². The Kier molecular flexibility index (Phi) is 7.44. The molecule has 4 atom stereocenters. The molecule has 0 spiro atoms. The van der Waals surface area contributed by atoms with Gasteiger partial charge in [-0.1, -0.05) is 18.2 Å². The van der Waals surface area contributed by atoms with Crippen molar-refractivity contribution in [2.45, 2.75) is 88.7 Å². The molecule has 2 aromatic rings. The monoisotopic (exact) mass is 483 g/mol. The average molecular weight is 484 g/mol. The molecule has 8 heteroatoms. The number of nitrogens with one attached hydrogen (secondary N) is 1. The van der Waals surface area contributed by atoms with Gasteiger partial charge in [0, 0.05) is 55.8 Å². The fourth-order valence-corrected chi connectivity index (χ4v) is 6.68. The number of hydrogen-bond donors (Lipinski definition) is 2. The Bertz CT molecular complexity index is 1010. The minimum atomic E-state index is -0.354. The molecule has 35 heavy (non-hydrogen) atoms. The van der Waals surface area contributed by atoms with Gasteiger partial charge in [0.05, 0.1) is 18.2 Å². The number of ether oxygens (including phenoxy) is 1. The zero-order valence-electron chi connectivity index (χ0n) is 21.4. The van der Waals surface area contributed by atoms with E-state index in [1.165, 1.54) is 6.42 Å². The summed E-state index contributed by atoms with van der Waals surface area (Å²) in [6.45, 7) is 7.40. The van der Waals surface area contributed by atoms with Gasteiger partial charge >= 0.3 is 0 Å². The van der Waals surface area contributed by atoms with Crippen LogP contribution in [0.15, 0.2) is 24.3 Å². The summed E-state index contributed by atoms with van der Waals surface area (Å²) in [5.74, 6) is -0.0725. The molecule has 1 amide bonds. The van der Waals surface area contributed by atoms with Gasteiger partial charge in [-0.2, -0.15) is 5.10 Å². The second-order valence-corrected chi connectivity index (χ2v) is 11.0. The summed E-state index contributed by atoms with van der Waals surface area (Å²) in [5.41, 5.74) is 1.53. The topological polar surface area (TPSA) is 82.9 Å². The highest BCUT2D eigenvalue weighted by molar-refractivity contribution is 6.05. The molecule has 0 aliphatic carbocycles. The number of aromatic nitrogens is 2. The van der Waals surface area contributed by atoms with Gasteiger partial charge in [0.15, 0.2) is 5.69 Å². The summed E-state index contributed by atoms with van der Waals surface area (Å²) < 4.78 is 7.31. The first-order valence-electron chi connectivity index (χ1n) is 13.4. The van der Waals surface area contributed by atoms with E-state index in [0.29, 0.717) is 23.8 Å². The largest absolute Gasteiger partial charge is 0.390 e. The molecule has 4 heterocycles. The van der Waals surface area contributed by atoms with Gasteiger partial charge in [0.25, 0.3) is 5.91 Å². The van der Waals surface area contributed by atoms with Gasteiger partial charge in [-0.05, 0) is 65.0 Å². The molecule has 1 aromatic carbocycles. The van der Waals surface area contributed by atoms with E-state index >= 15 is 0 Å². The van der Waals surface area contributed by atoms with Gasteiger partial charge < -0.3 is 15.2 Å². The number of benzene rings is 1. The van der Waals surface area contributed by atoms with Crippen LogP contribution in [0.3, 0.4) is 0 Å². The molecule has 3 aliphatic heterocycles. The minimum absolute atomic E-state index is 0.0725. The van der Waals surface area contributed by atoms with Crippen molar-refractivity contribution >= 4 is 16.8 Å².